The van der Waals surface area contributed by atoms with Gasteiger partial charge in [-0.15, -0.1) is 0 Å². The molecule has 8 atom stereocenters. The van der Waals surface area contributed by atoms with Crippen molar-refractivity contribution in [1.82, 2.24) is 9.80 Å². The minimum atomic E-state index is -1.43. The van der Waals surface area contributed by atoms with Crippen molar-refractivity contribution in [3.05, 3.63) is 89.5 Å². The average Bonchev–Trinajstić information content (AvgIpc) is 3.72. The maximum Gasteiger partial charge on any atom is 0.313 e. The summed E-state index contributed by atoms with van der Waals surface area (Å²) in [6, 6.07) is 12.7. The summed E-state index contributed by atoms with van der Waals surface area (Å²) in [5, 5.41) is 10.3. The number of esters is 1. The number of hydrogen-bond acceptors (Lipinski definition) is 7. The number of carbonyl (C=O) groups is 4. The minimum Gasteiger partial charge on any atom is -0.455 e. The Morgan fingerprint density at radius 1 is 1.02 bits per heavy atom. The maximum atomic E-state index is 14.9. The zero-order valence-corrected chi connectivity index (χ0v) is 27.5. The van der Waals surface area contributed by atoms with Crippen molar-refractivity contribution in [3.63, 3.8) is 0 Å². The molecule has 5 bridgehead atoms. The van der Waals surface area contributed by atoms with Gasteiger partial charge >= 0.3 is 5.97 Å². The number of allylic oxidation sites excluding steroid dienone is 1. The summed E-state index contributed by atoms with van der Waals surface area (Å²) >= 11 is 0. The van der Waals surface area contributed by atoms with Gasteiger partial charge in [-0.25, -0.2) is 0 Å². The van der Waals surface area contributed by atoms with Crippen molar-refractivity contribution in [2.75, 3.05) is 25.1 Å². The van der Waals surface area contributed by atoms with E-state index in [1.54, 1.807) is 35.9 Å². The van der Waals surface area contributed by atoms with E-state index >= 15 is 0 Å². The van der Waals surface area contributed by atoms with Gasteiger partial charge in [-0.05, 0) is 56.9 Å². The third kappa shape index (κ3) is 5.47. The highest BCUT2D eigenvalue weighted by Gasteiger charge is 2.74. The molecular weight excluding hydrogens is 598 g/mol. The quantitative estimate of drug-likeness (QED) is 0.400. The molecule has 248 valence electrons. The van der Waals surface area contributed by atoms with E-state index in [0.29, 0.717) is 17.7 Å². The molecular formula is C37H43N3O7. The fourth-order valence-corrected chi connectivity index (χ4v) is 7.59. The third-order valence-corrected chi connectivity index (χ3v) is 10.3. The molecule has 2 aromatic carbocycles. The van der Waals surface area contributed by atoms with Crippen molar-refractivity contribution < 1.29 is 33.8 Å². The topological polar surface area (TPSA) is 117 Å². The molecule has 2 fully saturated rings. The van der Waals surface area contributed by atoms with Crippen LogP contribution in [0.4, 0.5) is 5.69 Å². The molecule has 0 aliphatic carbocycles. The number of ether oxygens (including phenoxy) is 2. The minimum absolute atomic E-state index is 0.112. The molecule has 10 nitrogen and oxygen atoms in total. The SMILES string of the molecule is Cc1ccc(C)c(N2C/C=C\CCC(=O)N(C)[C@@H](C)[C@H](c3ccccc3)OC(=O)[C@@H]3[C@H]4C(=O)N([C@H](C)CO)[C@H](C2=O)[C@]42C=C[C@H]3O2)c1. The number of likely N-dealkylation sites (N-methyl/N-ethyl adjacent to an activating group) is 1. The molecule has 6 rings (SSSR count). The Morgan fingerprint density at radius 3 is 2.49 bits per heavy atom. The number of amides is 3. The second kappa shape index (κ2) is 12.7. The van der Waals surface area contributed by atoms with Crippen molar-refractivity contribution in [1.29, 1.82) is 0 Å². The van der Waals surface area contributed by atoms with Crippen LogP contribution in [0.2, 0.25) is 0 Å². The first-order chi connectivity index (χ1) is 22.5. The fourth-order valence-electron chi connectivity index (χ4n) is 7.59. The Balaban J connectivity index is 1.49. The molecule has 4 aliphatic rings. The average molecular weight is 642 g/mol. The van der Waals surface area contributed by atoms with Gasteiger partial charge in [0.15, 0.2) is 0 Å². The van der Waals surface area contributed by atoms with Crippen molar-refractivity contribution >= 4 is 29.4 Å². The van der Waals surface area contributed by atoms with Crippen LogP contribution in [-0.2, 0) is 28.7 Å². The maximum absolute atomic E-state index is 14.9. The van der Waals surface area contributed by atoms with Crippen LogP contribution in [-0.4, -0.2) is 88.6 Å². The Hall–Kier alpha value is -4.28. The molecule has 1 spiro atoms. The zero-order valence-electron chi connectivity index (χ0n) is 27.5. The molecule has 2 aromatic rings. The lowest BCUT2D eigenvalue weighted by molar-refractivity contribution is -0.164. The van der Waals surface area contributed by atoms with E-state index in [-0.39, 0.29) is 31.4 Å². The first kappa shape index (κ1) is 32.7. The monoisotopic (exact) mass is 641 g/mol. The number of anilines is 1. The summed E-state index contributed by atoms with van der Waals surface area (Å²) in [7, 11) is 1.70. The number of nitrogens with zero attached hydrogens (tertiary/aromatic N) is 3. The van der Waals surface area contributed by atoms with E-state index in [0.717, 1.165) is 11.1 Å². The van der Waals surface area contributed by atoms with E-state index in [1.807, 2.05) is 81.5 Å². The number of likely N-dealkylation sites (tertiary alicyclic amines) is 1. The number of aliphatic hydroxyl groups excluding tert-OH is 1. The molecule has 0 aromatic heterocycles. The number of cyclic esters (lactones) is 1. The summed E-state index contributed by atoms with van der Waals surface area (Å²) in [6.45, 7) is 7.21. The lowest BCUT2D eigenvalue weighted by Gasteiger charge is -2.38. The lowest BCUT2D eigenvalue weighted by Crippen LogP contribution is -2.58. The van der Waals surface area contributed by atoms with Gasteiger partial charge in [0.05, 0.1) is 30.7 Å². The Morgan fingerprint density at radius 2 is 1.77 bits per heavy atom. The third-order valence-electron chi connectivity index (χ3n) is 10.3. The predicted octanol–water partition coefficient (Wildman–Crippen LogP) is 3.65. The van der Waals surface area contributed by atoms with Gasteiger partial charge in [-0.3, -0.25) is 19.2 Å². The van der Waals surface area contributed by atoms with Crippen LogP contribution in [0.5, 0.6) is 0 Å². The van der Waals surface area contributed by atoms with Gasteiger partial charge in [0.2, 0.25) is 11.8 Å². The number of aryl methyl sites for hydroxylation is 2. The van der Waals surface area contributed by atoms with Crippen LogP contribution in [0.3, 0.4) is 0 Å². The van der Waals surface area contributed by atoms with Gasteiger partial charge in [0.25, 0.3) is 5.91 Å². The highest BCUT2D eigenvalue weighted by atomic mass is 16.6. The molecule has 10 heteroatoms. The second-order valence-corrected chi connectivity index (χ2v) is 13.2. The van der Waals surface area contributed by atoms with Crippen LogP contribution < -0.4 is 4.90 Å². The highest BCUT2D eigenvalue weighted by molar-refractivity contribution is 6.05. The van der Waals surface area contributed by atoms with Gasteiger partial charge in [-0.1, -0.05) is 66.8 Å². The molecule has 47 heavy (non-hydrogen) atoms. The largest absolute Gasteiger partial charge is 0.455 e. The summed E-state index contributed by atoms with van der Waals surface area (Å²) < 4.78 is 12.8. The molecule has 0 radical (unpaired) electrons. The van der Waals surface area contributed by atoms with Crippen molar-refractivity contribution in [3.8, 4) is 0 Å². The molecule has 3 amide bonds. The molecule has 0 saturated carbocycles. The zero-order chi connectivity index (χ0) is 33.6. The molecule has 4 heterocycles. The molecule has 2 saturated heterocycles. The normalized spacial score (nSPS) is 32.5. The molecule has 0 unspecified atom stereocenters. The Bertz CT molecular complexity index is 1620. The number of carbonyl (C=O) groups excluding carboxylic acids is 4. The van der Waals surface area contributed by atoms with Gasteiger partial charge in [0.1, 0.15) is 23.7 Å². The standard InChI is InChI=1S/C37H43N3O7/c1-22-15-16-23(2)27(20-22)39-19-11-7-10-14-29(42)38(5)25(4)32(26-12-8-6-9-13-26)46-36(45)30-28-17-18-37(47-28)31(30)34(43)40(24(3)21-41)33(37)35(39)44/h6-9,11-13,15-18,20,24-25,28,30-33,41H,10,14,19,21H2,1-5H3/b11-7-/t24-,25+,28-,30+,31+,32-,33-,37+/m1/s1. The van der Waals surface area contributed by atoms with Gasteiger partial charge < -0.3 is 29.3 Å². The summed E-state index contributed by atoms with van der Waals surface area (Å²) in [5.41, 5.74) is 1.80. The van der Waals surface area contributed by atoms with Crippen molar-refractivity contribution in [2.45, 2.75) is 76.5 Å². The van der Waals surface area contributed by atoms with Crippen LogP contribution in [0.15, 0.2) is 72.8 Å². The number of hydrogen-bond donors (Lipinski definition) is 1. The summed E-state index contributed by atoms with van der Waals surface area (Å²) in [4.78, 5) is 61.7. The van der Waals surface area contributed by atoms with Crippen molar-refractivity contribution in [2.24, 2.45) is 11.8 Å². The van der Waals surface area contributed by atoms with Crippen LogP contribution >= 0.6 is 0 Å². The second-order valence-electron chi connectivity index (χ2n) is 13.2. The van der Waals surface area contributed by atoms with Crippen LogP contribution in [0.1, 0.15) is 49.5 Å². The summed E-state index contributed by atoms with van der Waals surface area (Å²) in [6.07, 6.45) is 6.33. The Labute approximate surface area is 275 Å². The van der Waals surface area contributed by atoms with E-state index < -0.39 is 59.6 Å². The lowest BCUT2D eigenvalue weighted by atomic mass is 9.74. The molecule has 1 N–H and O–H groups in total. The van der Waals surface area contributed by atoms with Gasteiger partial charge in [-0.2, -0.15) is 0 Å². The van der Waals surface area contributed by atoms with E-state index in [2.05, 4.69) is 0 Å². The summed E-state index contributed by atoms with van der Waals surface area (Å²) in [5.74, 6) is -3.63. The number of fused-ring (bicyclic) bond motifs is 2. The van der Waals surface area contributed by atoms with Gasteiger partial charge in [0, 0.05) is 25.7 Å². The fraction of sp³-hybridized carbons (Fsp3) is 0.459. The van der Waals surface area contributed by atoms with E-state index in [1.165, 1.54) is 4.90 Å². The number of aliphatic hydroxyl groups is 1. The van der Waals surface area contributed by atoms with Crippen LogP contribution in [0.25, 0.3) is 0 Å². The number of rotatable bonds is 4. The molecule has 4 aliphatic heterocycles. The smallest absolute Gasteiger partial charge is 0.313 e. The Kier molecular flexibility index (Phi) is 8.84. The van der Waals surface area contributed by atoms with Crippen LogP contribution in [0, 0.1) is 25.7 Å². The first-order valence-corrected chi connectivity index (χ1v) is 16.3. The van der Waals surface area contributed by atoms with E-state index in [9.17, 15) is 24.3 Å². The predicted molar refractivity (Wildman–Crippen MR) is 175 cm³/mol. The number of benzene rings is 2. The van der Waals surface area contributed by atoms with E-state index in [4.69, 9.17) is 9.47 Å². The highest BCUT2D eigenvalue weighted by Crippen LogP contribution is 2.56. The first-order valence-electron chi connectivity index (χ1n) is 16.3.